The Bertz CT molecular complexity index is 1150. The molecule has 1 saturated heterocycles. The molecule has 1 aliphatic rings. The van der Waals surface area contributed by atoms with Gasteiger partial charge in [-0.1, -0.05) is 72.0 Å². The average molecular weight is 452 g/mol. The zero-order chi connectivity index (χ0) is 21.0. The van der Waals surface area contributed by atoms with E-state index in [0.29, 0.717) is 10.1 Å². The first-order chi connectivity index (χ1) is 15.3. The third-order valence-electron chi connectivity index (χ3n) is 5.64. The monoisotopic (exact) mass is 451 g/mol. The molecule has 1 unspecified atom stereocenters. The van der Waals surface area contributed by atoms with Crippen molar-refractivity contribution >= 4 is 27.1 Å². The highest BCUT2D eigenvalue weighted by Crippen LogP contribution is 2.25. The van der Waals surface area contributed by atoms with Crippen LogP contribution in [0.3, 0.4) is 0 Å². The number of hydrogen-bond donors (Lipinski definition) is 0. The lowest BCUT2D eigenvalue weighted by Gasteiger charge is -2.34. The number of nitrogens with zero attached hydrogens (tertiary/aromatic N) is 5. The summed E-state index contributed by atoms with van der Waals surface area (Å²) in [7, 11) is -1.11. The molecule has 31 heavy (non-hydrogen) atoms. The molecule has 4 aromatic rings. The molecule has 1 atom stereocenters. The van der Waals surface area contributed by atoms with E-state index in [4.69, 9.17) is 0 Å². The predicted octanol–water partition coefficient (Wildman–Crippen LogP) is 3.38. The van der Waals surface area contributed by atoms with Crippen LogP contribution in [0, 0.1) is 0 Å². The van der Waals surface area contributed by atoms with E-state index in [-0.39, 0.29) is 0 Å². The molecule has 2 aromatic heterocycles. The van der Waals surface area contributed by atoms with Crippen molar-refractivity contribution in [2.75, 3.05) is 38.5 Å². The minimum Gasteiger partial charge on any atom is -0.300 e. The van der Waals surface area contributed by atoms with Crippen molar-refractivity contribution in [3.05, 3.63) is 72.4 Å². The molecule has 160 valence electrons. The Hall–Kier alpha value is -2.39. The van der Waals surface area contributed by atoms with E-state index in [0.717, 1.165) is 55.5 Å². The zero-order valence-electron chi connectivity index (χ0n) is 17.3. The van der Waals surface area contributed by atoms with Crippen LogP contribution in [0.25, 0.3) is 16.2 Å². The molecule has 0 radical (unpaired) electrons. The molecule has 1 aliphatic heterocycles. The molecule has 0 spiro atoms. The Morgan fingerprint density at radius 2 is 1.58 bits per heavy atom. The van der Waals surface area contributed by atoms with Crippen LogP contribution in [0.2, 0.25) is 0 Å². The second-order valence-electron chi connectivity index (χ2n) is 7.72. The van der Waals surface area contributed by atoms with E-state index >= 15 is 0 Å². The number of imidazole rings is 1. The van der Waals surface area contributed by atoms with Crippen molar-refractivity contribution in [2.45, 2.75) is 10.9 Å². The highest BCUT2D eigenvalue weighted by molar-refractivity contribution is 7.87. The van der Waals surface area contributed by atoms with Gasteiger partial charge < -0.3 is 0 Å². The van der Waals surface area contributed by atoms with Gasteiger partial charge in [0.1, 0.15) is 0 Å². The first-order valence-electron chi connectivity index (χ1n) is 10.5. The van der Waals surface area contributed by atoms with Gasteiger partial charge in [0.2, 0.25) is 9.30 Å². The highest BCUT2D eigenvalue weighted by atomic mass is 32.2. The van der Waals surface area contributed by atoms with Crippen molar-refractivity contribution in [2.24, 2.45) is 0 Å². The van der Waals surface area contributed by atoms with E-state index in [1.807, 2.05) is 41.0 Å². The van der Waals surface area contributed by atoms with E-state index in [2.05, 4.69) is 50.2 Å². The normalized spacial score (nSPS) is 16.6. The Morgan fingerprint density at radius 1 is 0.903 bits per heavy atom. The Balaban J connectivity index is 1.15. The molecule has 3 heterocycles. The van der Waals surface area contributed by atoms with Crippen LogP contribution in [0.15, 0.2) is 71.2 Å². The van der Waals surface area contributed by atoms with Crippen LogP contribution in [0.4, 0.5) is 0 Å². The van der Waals surface area contributed by atoms with Crippen LogP contribution in [0.5, 0.6) is 0 Å². The second-order valence-corrected chi connectivity index (χ2v) is 10.4. The van der Waals surface area contributed by atoms with Gasteiger partial charge in [-0.2, -0.15) is 0 Å². The van der Waals surface area contributed by atoms with Crippen LogP contribution in [-0.4, -0.2) is 67.1 Å². The first-order valence-corrected chi connectivity index (χ1v) is 12.7. The van der Waals surface area contributed by atoms with E-state index in [1.165, 1.54) is 16.9 Å². The molecule has 0 saturated carbocycles. The first kappa shape index (κ1) is 20.5. The summed E-state index contributed by atoms with van der Waals surface area (Å²) in [6.45, 7) is 5.97. The Labute approximate surface area is 188 Å². The van der Waals surface area contributed by atoms with Gasteiger partial charge >= 0.3 is 0 Å². The standard InChI is InChI=1S/C23H25N5OS2/c29-31(16-15-26-11-13-27(14-12-26)18-19-7-3-1-4-8-19)23-25-28-21(17-24-22(28)30-23)20-9-5-2-6-10-20/h1-10,17H,11-16,18H2. The maximum absolute atomic E-state index is 12.9. The van der Waals surface area contributed by atoms with Gasteiger partial charge in [-0.15, -0.1) is 5.10 Å². The molecular formula is C23H25N5OS2. The summed E-state index contributed by atoms with van der Waals surface area (Å²) in [5.74, 6) is 0.607. The van der Waals surface area contributed by atoms with Crippen molar-refractivity contribution in [3.63, 3.8) is 0 Å². The van der Waals surface area contributed by atoms with Crippen LogP contribution < -0.4 is 0 Å². The molecule has 0 N–H and O–H groups in total. The minimum absolute atomic E-state index is 0.607. The summed E-state index contributed by atoms with van der Waals surface area (Å²) >= 11 is 1.42. The summed E-state index contributed by atoms with van der Waals surface area (Å²) in [4.78, 5) is 10.1. The molecule has 0 amide bonds. The van der Waals surface area contributed by atoms with Gasteiger partial charge in [0.05, 0.1) is 22.7 Å². The molecule has 0 aliphatic carbocycles. The predicted molar refractivity (Wildman–Crippen MR) is 126 cm³/mol. The zero-order valence-corrected chi connectivity index (χ0v) is 18.9. The lowest BCUT2D eigenvalue weighted by atomic mass is 10.2. The summed E-state index contributed by atoms with van der Waals surface area (Å²) < 4.78 is 15.4. The summed E-state index contributed by atoms with van der Waals surface area (Å²) in [6, 6.07) is 20.7. The van der Waals surface area contributed by atoms with Gasteiger partial charge in [-0.05, 0) is 5.56 Å². The van der Waals surface area contributed by atoms with Gasteiger partial charge in [-0.3, -0.25) is 14.0 Å². The number of piperazine rings is 1. The van der Waals surface area contributed by atoms with Gasteiger partial charge in [0.25, 0.3) is 0 Å². The van der Waals surface area contributed by atoms with Crippen molar-refractivity contribution < 1.29 is 4.21 Å². The number of benzene rings is 2. The van der Waals surface area contributed by atoms with Crippen molar-refractivity contribution in [1.29, 1.82) is 0 Å². The highest BCUT2D eigenvalue weighted by Gasteiger charge is 2.20. The Kier molecular flexibility index (Phi) is 6.22. The number of rotatable bonds is 7. The maximum Gasteiger partial charge on any atom is 0.213 e. The van der Waals surface area contributed by atoms with E-state index in [9.17, 15) is 4.21 Å². The average Bonchev–Trinajstić information content (AvgIpc) is 3.41. The third-order valence-corrected chi connectivity index (χ3v) is 8.19. The smallest absolute Gasteiger partial charge is 0.213 e. The van der Waals surface area contributed by atoms with Crippen molar-refractivity contribution in [1.82, 2.24) is 24.4 Å². The molecule has 8 heteroatoms. The largest absolute Gasteiger partial charge is 0.300 e. The fourth-order valence-electron chi connectivity index (χ4n) is 3.88. The number of fused-ring (bicyclic) bond motifs is 1. The molecule has 5 rings (SSSR count). The van der Waals surface area contributed by atoms with Crippen LogP contribution >= 0.6 is 11.3 Å². The fraction of sp³-hybridized carbons (Fsp3) is 0.304. The van der Waals surface area contributed by atoms with Gasteiger partial charge in [0.15, 0.2) is 0 Å². The summed E-state index contributed by atoms with van der Waals surface area (Å²) in [5, 5.41) is 4.62. The van der Waals surface area contributed by atoms with Crippen LogP contribution in [-0.2, 0) is 17.3 Å². The lowest BCUT2D eigenvalue weighted by molar-refractivity contribution is 0.132. The molecular weight excluding hydrogens is 426 g/mol. The molecule has 6 nitrogen and oxygen atoms in total. The summed E-state index contributed by atoms with van der Waals surface area (Å²) in [6.07, 6.45) is 1.83. The number of hydrogen-bond acceptors (Lipinski definition) is 6. The molecule has 0 bridgehead atoms. The number of aromatic nitrogens is 3. The lowest BCUT2D eigenvalue weighted by Crippen LogP contribution is -2.46. The minimum atomic E-state index is -1.11. The third kappa shape index (κ3) is 4.77. The maximum atomic E-state index is 12.9. The molecule has 2 aromatic carbocycles. The SMILES string of the molecule is O=S(CCN1CCN(Cc2ccccc2)CC1)c1nn2c(-c3ccccc3)cnc2s1. The van der Waals surface area contributed by atoms with Gasteiger partial charge in [-0.25, -0.2) is 9.50 Å². The molecule has 1 fully saturated rings. The topological polar surface area (TPSA) is 53.7 Å². The van der Waals surface area contributed by atoms with Crippen molar-refractivity contribution in [3.8, 4) is 11.3 Å². The van der Waals surface area contributed by atoms with Crippen LogP contribution in [0.1, 0.15) is 5.56 Å². The van der Waals surface area contributed by atoms with E-state index < -0.39 is 10.8 Å². The second kappa shape index (κ2) is 9.40. The van der Waals surface area contributed by atoms with Gasteiger partial charge in [0, 0.05) is 50.6 Å². The Morgan fingerprint density at radius 3 is 2.32 bits per heavy atom. The fourth-order valence-corrected chi connectivity index (χ4v) is 6.11. The summed E-state index contributed by atoms with van der Waals surface area (Å²) in [5.41, 5.74) is 3.36. The van der Waals surface area contributed by atoms with E-state index in [1.54, 1.807) is 0 Å². The quantitative estimate of drug-likeness (QED) is 0.431.